The number of hydrogen-bond donors (Lipinski definition) is 1. The number of nitrogens with zero attached hydrogens (tertiary/aromatic N) is 1. The van der Waals surface area contributed by atoms with Crippen LogP contribution in [-0.4, -0.2) is 4.98 Å². The smallest absolute Gasteiger partial charge is 0.292 e. The fourth-order valence-electron chi connectivity index (χ4n) is 2.00. The van der Waals surface area contributed by atoms with Gasteiger partial charge in [0.1, 0.15) is 0 Å². The molecule has 0 saturated heterocycles. The Morgan fingerprint density at radius 1 is 1.24 bits per heavy atom. The van der Waals surface area contributed by atoms with Gasteiger partial charge in [-0.05, 0) is 25.3 Å². The molecule has 0 atom stereocenters. The maximum atomic E-state index is 5.66. The number of oxazole rings is 1. The van der Waals surface area contributed by atoms with Crippen LogP contribution < -0.4 is 5.73 Å². The van der Waals surface area contributed by atoms with Crippen LogP contribution in [-0.2, 0) is 0 Å². The van der Waals surface area contributed by atoms with Crippen LogP contribution >= 0.6 is 0 Å². The van der Waals surface area contributed by atoms with Gasteiger partial charge in [0.15, 0.2) is 5.76 Å². The topological polar surface area (TPSA) is 52.0 Å². The van der Waals surface area contributed by atoms with Gasteiger partial charge in [-0.1, -0.05) is 37.6 Å². The number of aryl methyl sites for hydroxylation is 2. The Bertz CT molecular complexity index is 541. The lowest BCUT2D eigenvalue weighted by Crippen LogP contribution is -1.93. The van der Waals surface area contributed by atoms with E-state index in [0.717, 1.165) is 17.0 Å². The molecule has 1 aromatic carbocycles. The molecular weight excluding hydrogens is 212 g/mol. The van der Waals surface area contributed by atoms with Crippen LogP contribution in [0, 0.1) is 13.8 Å². The van der Waals surface area contributed by atoms with Crippen molar-refractivity contribution in [2.24, 2.45) is 0 Å². The molecule has 0 saturated carbocycles. The van der Waals surface area contributed by atoms with Crippen LogP contribution in [0.5, 0.6) is 0 Å². The molecule has 2 N–H and O–H groups in total. The molecule has 1 aromatic heterocycles. The summed E-state index contributed by atoms with van der Waals surface area (Å²) in [4.78, 5) is 4.26. The third kappa shape index (κ3) is 2.18. The lowest BCUT2D eigenvalue weighted by atomic mass is 9.99. The van der Waals surface area contributed by atoms with Gasteiger partial charge in [-0.3, -0.25) is 0 Å². The maximum absolute atomic E-state index is 5.66. The Balaban J connectivity index is 2.59. The number of nitrogens with two attached hydrogens (primary N) is 1. The van der Waals surface area contributed by atoms with Crippen LogP contribution in [0.15, 0.2) is 22.6 Å². The summed E-state index contributed by atoms with van der Waals surface area (Å²) >= 11 is 0. The summed E-state index contributed by atoms with van der Waals surface area (Å²) in [6.45, 7) is 8.33. The molecule has 17 heavy (non-hydrogen) atoms. The second-order valence-corrected chi connectivity index (χ2v) is 4.74. The summed E-state index contributed by atoms with van der Waals surface area (Å²) in [7, 11) is 0. The lowest BCUT2D eigenvalue weighted by molar-refractivity contribution is 0.591. The van der Waals surface area contributed by atoms with E-state index in [9.17, 15) is 0 Å². The first-order valence-corrected chi connectivity index (χ1v) is 5.83. The molecule has 1 heterocycles. The van der Waals surface area contributed by atoms with Crippen molar-refractivity contribution in [3.8, 4) is 11.3 Å². The van der Waals surface area contributed by atoms with E-state index in [4.69, 9.17) is 10.2 Å². The molecule has 0 fully saturated rings. The Morgan fingerprint density at radius 3 is 2.53 bits per heavy atom. The summed E-state index contributed by atoms with van der Waals surface area (Å²) < 4.78 is 5.55. The zero-order chi connectivity index (χ0) is 12.6. The fourth-order valence-corrected chi connectivity index (χ4v) is 2.00. The second kappa shape index (κ2) is 4.24. The minimum Gasteiger partial charge on any atom is -0.423 e. The first kappa shape index (κ1) is 11.7. The molecule has 90 valence electrons. The van der Waals surface area contributed by atoms with E-state index in [0.29, 0.717) is 5.92 Å². The molecule has 0 aliphatic rings. The Labute approximate surface area is 102 Å². The zero-order valence-corrected chi connectivity index (χ0v) is 10.7. The lowest BCUT2D eigenvalue weighted by Gasteiger charge is -2.07. The van der Waals surface area contributed by atoms with Gasteiger partial charge in [0.2, 0.25) is 0 Å². The van der Waals surface area contributed by atoms with Crippen molar-refractivity contribution in [1.82, 2.24) is 4.98 Å². The number of benzene rings is 1. The van der Waals surface area contributed by atoms with Crippen LogP contribution in [0.4, 0.5) is 6.01 Å². The van der Waals surface area contributed by atoms with Crippen LogP contribution in [0.1, 0.15) is 36.6 Å². The number of hydrogen-bond acceptors (Lipinski definition) is 3. The van der Waals surface area contributed by atoms with E-state index in [1.807, 2.05) is 0 Å². The van der Waals surface area contributed by atoms with E-state index >= 15 is 0 Å². The predicted molar refractivity (Wildman–Crippen MR) is 69.9 cm³/mol. The molecule has 0 aliphatic heterocycles. The molecule has 3 heteroatoms. The normalized spacial score (nSPS) is 11.1. The Hall–Kier alpha value is -1.77. The molecule has 0 unspecified atom stereocenters. The Kier molecular flexibility index (Phi) is 2.92. The number of rotatable bonds is 2. The first-order valence-electron chi connectivity index (χ1n) is 5.83. The van der Waals surface area contributed by atoms with E-state index in [2.05, 4.69) is 50.9 Å². The van der Waals surface area contributed by atoms with Gasteiger partial charge < -0.3 is 10.2 Å². The quantitative estimate of drug-likeness (QED) is 0.856. The zero-order valence-electron chi connectivity index (χ0n) is 10.7. The van der Waals surface area contributed by atoms with Gasteiger partial charge in [0.05, 0.1) is 5.69 Å². The second-order valence-electron chi connectivity index (χ2n) is 4.74. The molecule has 0 aliphatic carbocycles. The highest BCUT2D eigenvalue weighted by atomic mass is 16.4. The number of anilines is 1. The van der Waals surface area contributed by atoms with Crippen molar-refractivity contribution in [2.45, 2.75) is 33.6 Å². The monoisotopic (exact) mass is 230 g/mol. The average molecular weight is 230 g/mol. The van der Waals surface area contributed by atoms with Gasteiger partial charge in [-0.2, -0.15) is 4.98 Å². The maximum Gasteiger partial charge on any atom is 0.292 e. The molecule has 0 bridgehead atoms. The largest absolute Gasteiger partial charge is 0.423 e. The summed E-state index contributed by atoms with van der Waals surface area (Å²) in [5.41, 5.74) is 10.1. The van der Waals surface area contributed by atoms with E-state index in [1.165, 1.54) is 11.1 Å². The summed E-state index contributed by atoms with van der Waals surface area (Å²) in [6, 6.07) is 6.52. The van der Waals surface area contributed by atoms with Crippen molar-refractivity contribution >= 4 is 6.01 Å². The van der Waals surface area contributed by atoms with Gasteiger partial charge >= 0.3 is 0 Å². The molecule has 2 aromatic rings. The highest BCUT2D eigenvalue weighted by Crippen LogP contribution is 2.33. The summed E-state index contributed by atoms with van der Waals surface area (Å²) in [5.74, 6) is 1.10. The highest BCUT2D eigenvalue weighted by molar-refractivity contribution is 5.66. The molecule has 0 amide bonds. The minimum atomic E-state index is 0.240. The SMILES string of the molecule is Cc1ccc(-c2oc(N)nc2C(C)C)c(C)c1. The van der Waals surface area contributed by atoms with Gasteiger partial charge in [0, 0.05) is 5.56 Å². The van der Waals surface area contributed by atoms with Crippen LogP contribution in [0.3, 0.4) is 0 Å². The van der Waals surface area contributed by atoms with E-state index in [-0.39, 0.29) is 6.01 Å². The Morgan fingerprint density at radius 2 is 1.94 bits per heavy atom. The van der Waals surface area contributed by atoms with Gasteiger partial charge in [-0.15, -0.1) is 0 Å². The van der Waals surface area contributed by atoms with E-state index < -0.39 is 0 Å². The summed E-state index contributed by atoms with van der Waals surface area (Å²) in [5, 5.41) is 0. The fraction of sp³-hybridized carbons (Fsp3) is 0.357. The number of aromatic nitrogens is 1. The van der Waals surface area contributed by atoms with Crippen molar-refractivity contribution in [3.63, 3.8) is 0 Å². The molecule has 0 radical (unpaired) electrons. The molecular formula is C14H18N2O. The van der Waals surface area contributed by atoms with Gasteiger partial charge in [-0.25, -0.2) is 0 Å². The minimum absolute atomic E-state index is 0.240. The van der Waals surface area contributed by atoms with Gasteiger partial charge in [0.25, 0.3) is 6.01 Å². The third-order valence-electron chi connectivity index (χ3n) is 2.84. The van der Waals surface area contributed by atoms with Crippen LogP contribution in [0.2, 0.25) is 0 Å². The first-order chi connectivity index (χ1) is 7.99. The standard InChI is InChI=1S/C14H18N2O/c1-8(2)12-13(17-14(15)16-12)11-6-5-9(3)7-10(11)4/h5-8H,1-4H3,(H2,15,16). The molecule has 0 spiro atoms. The molecule has 3 nitrogen and oxygen atoms in total. The predicted octanol–water partition coefficient (Wildman–Crippen LogP) is 3.66. The van der Waals surface area contributed by atoms with Crippen molar-refractivity contribution in [3.05, 3.63) is 35.0 Å². The summed E-state index contributed by atoms with van der Waals surface area (Å²) in [6.07, 6.45) is 0. The average Bonchev–Trinajstić information content (AvgIpc) is 2.60. The van der Waals surface area contributed by atoms with Crippen molar-refractivity contribution in [2.75, 3.05) is 5.73 Å². The van der Waals surface area contributed by atoms with Crippen LogP contribution in [0.25, 0.3) is 11.3 Å². The highest BCUT2D eigenvalue weighted by Gasteiger charge is 2.17. The molecule has 2 rings (SSSR count). The van der Waals surface area contributed by atoms with E-state index in [1.54, 1.807) is 0 Å². The third-order valence-corrected chi connectivity index (χ3v) is 2.84. The van der Waals surface area contributed by atoms with Crippen molar-refractivity contribution < 1.29 is 4.42 Å². The number of nitrogen functional groups attached to an aromatic ring is 1. The van der Waals surface area contributed by atoms with Crippen molar-refractivity contribution in [1.29, 1.82) is 0 Å².